The molecule has 0 atom stereocenters. The first-order valence-corrected chi connectivity index (χ1v) is 9.42. The summed E-state index contributed by atoms with van der Waals surface area (Å²) < 4.78 is 14.5. The Morgan fingerprint density at radius 3 is 2.72 bits per heavy atom. The predicted octanol–water partition coefficient (Wildman–Crippen LogP) is 3.17. The van der Waals surface area contributed by atoms with Gasteiger partial charge >= 0.3 is 0 Å². The SMILES string of the molecule is COc1cc(Br)c(C(=O)Nc2cnn(Cn3nnc4ccccc43)c2)cc1OC. The first-order valence-electron chi connectivity index (χ1n) is 8.62. The van der Waals surface area contributed by atoms with Crippen molar-refractivity contribution in [3.63, 3.8) is 0 Å². The number of halogens is 1. The zero-order valence-electron chi connectivity index (χ0n) is 15.7. The van der Waals surface area contributed by atoms with Crippen molar-refractivity contribution in [3.05, 3.63) is 58.8 Å². The van der Waals surface area contributed by atoms with E-state index in [4.69, 9.17) is 9.47 Å². The molecule has 1 N–H and O–H groups in total. The summed E-state index contributed by atoms with van der Waals surface area (Å²) in [5, 5.41) is 15.4. The molecule has 4 rings (SSSR count). The first kappa shape index (κ1) is 18.9. The van der Waals surface area contributed by atoms with Gasteiger partial charge in [0.2, 0.25) is 0 Å². The number of rotatable bonds is 6. The van der Waals surface area contributed by atoms with Crippen LogP contribution in [0.5, 0.6) is 11.5 Å². The number of aromatic nitrogens is 5. The number of carbonyl (C=O) groups excluding carboxylic acids is 1. The predicted molar refractivity (Wildman–Crippen MR) is 110 cm³/mol. The summed E-state index contributed by atoms with van der Waals surface area (Å²) in [6.07, 6.45) is 3.30. The Balaban J connectivity index is 1.51. The lowest BCUT2D eigenvalue weighted by molar-refractivity contribution is 0.102. The molecule has 2 heterocycles. The van der Waals surface area contributed by atoms with Crippen LogP contribution >= 0.6 is 15.9 Å². The molecule has 0 spiro atoms. The van der Waals surface area contributed by atoms with Crippen LogP contribution < -0.4 is 14.8 Å². The number of methoxy groups -OCH3 is 2. The molecule has 0 saturated heterocycles. The lowest BCUT2D eigenvalue weighted by atomic mass is 10.2. The molecule has 0 saturated carbocycles. The highest BCUT2D eigenvalue weighted by Gasteiger charge is 2.16. The highest BCUT2D eigenvalue weighted by Crippen LogP contribution is 2.33. The van der Waals surface area contributed by atoms with Gasteiger partial charge in [0.05, 0.1) is 43.4 Å². The highest BCUT2D eigenvalue weighted by atomic mass is 79.9. The molecule has 0 radical (unpaired) electrons. The average molecular weight is 457 g/mol. The van der Waals surface area contributed by atoms with Gasteiger partial charge in [-0.3, -0.25) is 4.79 Å². The first-order chi connectivity index (χ1) is 14.1. The summed E-state index contributed by atoms with van der Waals surface area (Å²) in [5.74, 6) is 0.696. The molecule has 2 aromatic carbocycles. The summed E-state index contributed by atoms with van der Waals surface area (Å²) in [4.78, 5) is 12.7. The number of carbonyl (C=O) groups is 1. The third-order valence-electron chi connectivity index (χ3n) is 4.31. The van der Waals surface area contributed by atoms with Crippen LogP contribution in [-0.2, 0) is 6.67 Å². The molecule has 1 amide bonds. The number of ether oxygens (including phenoxy) is 2. The molecule has 0 bridgehead atoms. The van der Waals surface area contributed by atoms with Crippen LogP contribution in [0.25, 0.3) is 11.0 Å². The fraction of sp³-hybridized carbons (Fsp3) is 0.158. The Kier molecular flexibility index (Phi) is 5.17. The summed E-state index contributed by atoms with van der Waals surface area (Å²) in [7, 11) is 3.06. The van der Waals surface area contributed by atoms with Crippen LogP contribution in [-0.4, -0.2) is 44.9 Å². The number of fused-ring (bicyclic) bond motifs is 1. The van der Waals surface area contributed by atoms with Gasteiger partial charge in [-0.25, -0.2) is 9.36 Å². The third-order valence-corrected chi connectivity index (χ3v) is 4.96. The minimum absolute atomic E-state index is 0.302. The average Bonchev–Trinajstić information content (AvgIpc) is 3.35. The van der Waals surface area contributed by atoms with Gasteiger partial charge in [0, 0.05) is 4.47 Å². The minimum atomic E-state index is -0.302. The number of amides is 1. The molecule has 2 aromatic heterocycles. The van der Waals surface area contributed by atoms with Crippen LogP contribution in [0.1, 0.15) is 10.4 Å². The van der Waals surface area contributed by atoms with Crippen LogP contribution in [0.15, 0.2) is 53.3 Å². The maximum atomic E-state index is 12.7. The van der Waals surface area contributed by atoms with Crippen LogP contribution in [0.4, 0.5) is 5.69 Å². The Morgan fingerprint density at radius 1 is 1.17 bits per heavy atom. The maximum Gasteiger partial charge on any atom is 0.257 e. The van der Waals surface area contributed by atoms with E-state index in [1.807, 2.05) is 24.3 Å². The van der Waals surface area contributed by atoms with Crippen molar-refractivity contribution in [1.29, 1.82) is 0 Å². The second kappa shape index (κ2) is 7.92. The summed E-state index contributed by atoms with van der Waals surface area (Å²) in [6, 6.07) is 11.0. The molecule has 148 valence electrons. The Labute approximate surface area is 174 Å². The van der Waals surface area contributed by atoms with Crippen LogP contribution in [0, 0.1) is 0 Å². The van der Waals surface area contributed by atoms with Crippen molar-refractivity contribution >= 4 is 38.6 Å². The number of benzene rings is 2. The number of hydrogen-bond donors (Lipinski definition) is 1. The quantitative estimate of drug-likeness (QED) is 0.478. The van der Waals surface area contributed by atoms with E-state index in [2.05, 4.69) is 36.7 Å². The number of anilines is 1. The molecule has 0 aliphatic carbocycles. The van der Waals surface area contributed by atoms with E-state index in [0.29, 0.717) is 33.9 Å². The standard InChI is InChI=1S/C19H17BrN6O3/c1-28-17-7-13(14(20)8-18(17)29-2)19(27)22-12-9-21-25(10-12)11-26-16-6-4-3-5-15(16)23-24-26/h3-10H,11H2,1-2H3,(H,22,27). The normalized spacial score (nSPS) is 10.9. The smallest absolute Gasteiger partial charge is 0.257 e. The van der Waals surface area contributed by atoms with Gasteiger partial charge in [0.1, 0.15) is 12.2 Å². The molecule has 0 fully saturated rings. The Bertz CT molecular complexity index is 1190. The fourth-order valence-corrected chi connectivity index (χ4v) is 3.39. The molecule has 0 aliphatic heterocycles. The van der Waals surface area contributed by atoms with E-state index in [1.54, 1.807) is 33.9 Å². The molecule has 0 unspecified atom stereocenters. The van der Waals surface area contributed by atoms with E-state index >= 15 is 0 Å². The number of nitrogens with zero attached hydrogens (tertiary/aromatic N) is 5. The second-order valence-electron chi connectivity index (χ2n) is 6.13. The van der Waals surface area contributed by atoms with Gasteiger partial charge in [0.15, 0.2) is 11.5 Å². The lowest BCUT2D eigenvalue weighted by Gasteiger charge is -2.11. The summed E-state index contributed by atoms with van der Waals surface area (Å²) >= 11 is 3.40. The molecular weight excluding hydrogens is 440 g/mol. The zero-order chi connectivity index (χ0) is 20.4. The molecule has 9 nitrogen and oxygen atoms in total. The second-order valence-corrected chi connectivity index (χ2v) is 6.98. The van der Waals surface area contributed by atoms with Gasteiger partial charge in [-0.05, 0) is 40.2 Å². The maximum absolute atomic E-state index is 12.7. The van der Waals surface area contributed by atoms with Crippen molar-refractivity contribution in [1.82, 2.24) is 24.8 Å². The highest BCUT2D eigenvalue weighted by molar-refractivity contribution is 9.10. The zero-order valence-corrected chi connectivity index (χ0v) is 17.3. The van der Waals surface area contributed by atoms with Gasteiger partial charge < -0.3 is 14.8 Å². The minimum Gasteiger partial charge on any atom is -0.493 e. The van der Waals surface area contributed by atoms with E-state index in [0.717, 1.165) is 11.0 Å². The van der Waals surface area contributed by atoms with Gasteiger partial charge in [-0.2, -0.15) is 5.10 Å². The number of para-hydroxylation sites is 1. The van der Waals surface area contributed by atoms with E-state index in [1.165, 1.54) is 14.2 Å². The summed E-state index contributed by atoms with van der Waals surface area (Å²) in [5.41, 5.74) is 2.69. The van der Waals surface area contributed by atoms with Crippen molar-refractivity contribution < 1.29 is 14.3 Å². The van der Waals surface area contributed by atoms with Gasteiger partial charge in [0.25, 0.3) is 5.91 Å². The lowest BCUT2D eigenvalue weighted by Crippen LogP contribution is -2.13. The Hall–Kier alpha value is -3.40. The molecule has 4 aromatic rings. The molecule has 0 aliphatic rings. The molecule has 29 heavy (non-hydrogen) atoms. The van der Waals surface area contributed by atoms with Crippen molar-refractivity contribution in [2.75, 3.05) is 19.5 Å². The van der Waals surface area contributed by atoms with E-state index in [-0.39, 0.29) is 5.91 Å². The monoisotopic (exact) mass is 456 g/mol. The van der Waals surface area contributed by atoms with E-state index < -0.39 is 0 Å². The fourth-order valence-electron chi connectivity index (χ4n) is 2.89. The van der Waals surface area contributed by atoms with E-state index in [9.17, 15) is 4.79 Å². The molecular formula is C19H17BrN6O3. The van der Waals surface area contributed by atoms with Crippen molar-refractivity contribution in [3.8, 4) is 11.5 Å². The van der Waals surface area contributed by atoms with Crippen LogP contribution in [0.2, 0.25) is 0 Å². The van der Waals surface area contributed by atoms with Gasteiger partial charge in [-0.1, -0.05) is 17.3 Å². The number of nitrogens with one attached hydrogen (secondary N) is 1. The van der Waals surface area contributed by atoms with Crippen molar-refractivity contribution in [2.45, 2.75) is 6.67 Å². The van der Waals surface area contributed by atoms with Gasteiger partial charge in [-0.15, -0.1) is 5.10 Å². The third kappa shape index (κ3) is 3.79. The van der Waals surface area contributed by atoms with Crippen LogP contribution in [0.3, 0.4) is 0 Å². The largest absolute Gasteiger partial charge is 0.493 e. The Morgan fingerprint density at radius 2 is 1.93 bits per heavy atom. The topological polar surface area (TPSA) is 96.1 Å². The summed E-state index contributed by atoms with van der Waals surface area (Å²) in [6.45, 7) is 0.371. The number of hydrogen-bond acceptors (Lipinski definition) is 6. The van der Waals surface area contributed by atoms with Crippen molar-refractivity contribution in [2.24, 2.45) is 0 Å². The molecule has 10 heteroatoms.